The van der Waals surface area contributed by atoms with Gasteiger partial charge in [0.15, 0.2) is 5.69 Å². The van der Waals surface area contributed by atoms with Crippen LogP contribution in [0.2, 0.25) is 0 Å². The average Bonchev–Trinajstić information content (AvgIpc) is 2.69. The van der Waals surface area contributed by atoms with Gasteiger partial charge in [0.1, 0.15) is 0 Å². The summed E-state index contributed by atoms with van der Waals surface area (Å²) < 4.78 is 7.14. The Balaban J connectivity index is 1.76. The Morgan fingerprint density at radius 2 is 2.50 bits per heavy atom. The molecule has 3 N–H and O–H groups in total. The standard InChI is InChI=1S/C9H15N5O2/c10-11-9(15)8-6-14(13-12-8)4-5-16-7-2-1-3-7/h6-7H,1-5,10H2,(H,11,15). The van der Waals surface area contributed by atoms with Gasteiger partial charge in [0, 0.05) is 0 Å². The summed E-state index contributed by atoms with van der Waals surface area (Å²) in [7, 11) is 0. The van der Waals surface area contributed by atoms with Gasteiger partial charge in [-0.3, -0.25) is 10.2 Å². The monoisotopic (exact) mass is 225 g/mol. The van der Waals surface area contributed by atoms with E-state index in [2.05, 4.69) is 10.3 Å². The van der Waals surface area contributed by atoms with E-state index in [0.29, 0.717) is 19.3 Å². The Morgan fingerprint density at radius 1 is 1.69 bits per heavy atom. The van der Waals surface area contributed by atoms with Gasteiger partial charge in [-0.15, -0.1) is 5.10 Å². The summed E-state index contributed by atoms with van der Waals surface area (Å²) >= 11 is 0. The number of hydrazine groups is 1. The third kappa shape index (κ3) is 2.56. The zero-order valence-electron chi connectivity index (χ0n) is 8.93. The van der Waals surface area contributed by atoms with Crippen molar-refractivity contribution < 1.29 is 9.53 Å². The highest BCUT2D eigenvalue weighted by atomic mass is 16.5. The third-order valence-corrected chi connectivity index (χ3v) is 2.63. The molecule has 2 rings (SSSR count). The molecule has 0 radical (unpaired) electrons. The van der Waals surface area contributed by atoms with Crippen molar-refractivity contribution in [1.29, 1.82) is 0 Å². The number of rotatable bonds is 5. The molecule has 1 aromatic rings. The van der Waals surface area contributed by atoms with Crippen molar-refractivity contribution in [1.82, 2.24) is 20.4 Å². The number of carbonyl (C=O) groups is 1. The van der Waals surface area contributed by atoms with Crippen molar-refractivity contribution in [2.75, 3.05) is 6.61 Å². The SMILES string of the molecule is NNC(=O)c1cn(CCOC2CCC2)nn1. The first-order valence-electron chi connectivity index (χ1n) is 5.32. The molecular formula is C9H15N5O2. The van der Waals surface area contributed by atoms with Gasteiger partial charge in [0.25, 0.3) is 5.91 Å². The van der Waals surface area contributed by atoms with Gasteiger partial charge in [-0.05, 0) is 19.3 Å². The lowest BCUT2D eigenvalue weighted by atomic mass is 9.96. The number of hydrogen-bond donors (Lipinski definition) is 2. The van der Waals surface area contributed by atoms with E-state index in [0.717, 1.165) is 12.8 Å². The van der Waals surface area contributed by atoms with Crippen LogP contribution in [0.5, 0.6) is 0 Å². The summed E-state index contributed by atoms with van der Waals surface area (Å²) in [5.74, 6) is 4.54. The van der Waals surface area contributed by atoms with E-state index in [4.69, 9.17) is 10.6 Å². The zero-order valence-corrected chi connectivity index (χ0v) is 8.93. The second kappa shape index (κ2) is 5.04. The van der Waals surface area contributed by atoms with Crippen molar-refractivity contribution in [2.24, 2.45) is 5.84 Å². The molecule has 88 valence electrons. The maximum Gasteiger partial charge on any atom is 0.287 e. The van der Waals surface area contributed by atoms with E-state index >= 15 is 0 Å². The summed E-state index contributed by atoms with van der Waals surface area (Å²) in [6, 6.07) is 0. The smallest absolute Gasteiger partial charge is 0.287 e. The van der Waals surface area contributed by atoms with Crippen LogP contribution in [0, 0.1) is 0 Å². The number of aromatic nitrogens is 3. The number of hydrogen-bond acceptors (Lipinski definition) is 5. The molecule has 0 bridgehead atoms. The van der Waals surface area contributed by atoms with Crippen LogP contribution in [-0.4, -0.2) is 33.6 Å². The molecule has 0 unspecified atom stereocenters. The van der Waals surface area contributed by atoms with Gasteiger partial charge in [0.2, 0.25) is 0 Å². The predicted octanol–water partition coefficient (Wildman–Crippen LogP) is -0.549. The molecule has 1 amide bonds. The molecule has 1 heterocycles. The molecule has 1 aliphatic carbocycles. The maximum atomic E-state index is 11.1. The average molecular weight is 225 g/mol. The number of nitrogens with zero attached hydrogens (tertiary/aromatic N) is 3. The van der Waals surface area contributed by atoms with Gasteiger partial charge in [-0.1, -0.05) is 5.21 Å². The van der Waals surface area contributed by atoms with Crippen LogP contribution >= 0.6 is 0 Å². The van der Waals surface area contributed by atoms with Crippen molar-refractivity contribution in [3.63, 3.8) is 0 Å². The molecular weight excluding hydrogens is 210 g/mol. The van der Waals surface area contributed by atoms with Crippen LogP contribution in [0.1, 0.15) is 29.8 Å². The van der Waals surface area contributed by atoms with E-state index in [1.165, 1.54) is 6.42 Å². The molecule has 0 aromatic carbocycles. The fourth-order valence-corrected chi connectivity index (χ4v) is 1.44. The predicted molar refractivity (Wildman–Crippen MR) is 55.3 cm³/mol. The third-order valence-electron chi connectivity index (χ3n) is 2.63. The number of ether oxygens (including phenoxy) is 1. The van der Waals surface area contributed by atoms with E-state index in [9.17, 15) is 4.79 Å². The van der Waals surface area contributed by atoms with Gasteiger partial charge in [-0.2, -0.15) is 0 Å². The Morgan fingerprint density at radius 3 is 3.12 bits per heavy atom. The molecule has 16 heavy (non-hydrogen) atoms. The molecule has 7 heteroatoms. The van der Waals surface area contributed by atoms with Crippen molar-refractivity contribution >= 4 is 5.91 Å². The van der Waals surface area contributed by atoms with E-state index in [1.54, 1.807) is 10.9 Å². The second-order valence-corrected chi connectivity index (χ2v) is 3.76. The molecule has 0 atom stereocenters. The van der Waals surface area contributed by atoms with Crippen molar-refractivity contribution in [3.8, 4) is 0 Å². The van der Waals surface area contributed by atoms with E-state index < -0.39 is 5.91 Å². The first-order valence-corrected chi connectivity index (χ1v) is 5.32. The van der Waals surface area contributed by atoms with Gasteiger partial charge in [-0.25, -0.2) is 10.5 Å². The van der Waals surface area contributed by atoms with E-state index in [-0.39, 0.29) is 5.69 Å². The highest BCUT2D eigenvalue weighted by Gasteiger charge is 2.17. The molecule has 1 aromatic heterocycles. The zero-order chi connectivity index (χ0) is 11.4. The van der Waals surface area contributed by atoms with Crippen LogP contribution in [0.25, 0.3) is 0 Å². The van der Waals surface area contributed by atoms with Crippen LogP contribution in [0.3, 0.4) is 0 Å². The summed E-state index contributed by atoms with van der Waals surface area (Å²) in [6.07, 6.45) is 5.52. The minimum Gasteiger partial charge on any atom is -0.376 e. The molecule has 1 aliphatic rings. The highest BCUT2D eigenvalue weighted by Crippen LogP contribution is 2.21. The van der Waals surface area contributed by atoms with Crippen LogP contribution in [0.15, 0.2) is 6.20 Å². The largest absolute Gasteiger partial charge is 0.376 e. The fraction of sp³-hybridized carbons (Fsp3) is 0.667. The highest BCUT2D eigenvalue weighted by molar-refractivity contribution is 5.91. The van der Waals surface area contributed by atoms with Gasteiger partial charge >= 0.3 is 0 Å². The minimum absolute atomic E-state index is 0.214. The molecule has 0 aliphatic heterocycles. The van der Waals surface area contributed by atoms with Gasteiger partial charge in [0.05, 0.1) is 25.5 Å². The Labute approximate surface area is 92.9 Å². The Kier molecular flexibility index (Phi) is 3.47. The van der Waals surface area contributed by atoms with Gasteiger partial charge < -0.3 is 4.74 Å². The topological polar surface area (TPSA) is 95.1 Å². The molecule has 1 saturated carbocycles. The summed E-state index contributed by atoms with van der Waals surface area (Å²) in [4.78, 5) is 11.1. The normalized spacial score (nSPS) is 15.8. The first-order chi connectivity index (χ1) is 7.79. The summed E-state index contributed by atoms with van der Waals surface area (Å²) in [5, 5.41) is 7.48. The second-order valence-electron chi connectivity index (χ2n) is 3.76. The lowest BCUT2D eigenvalue weighted by molar-refractivity contribution is -0.00250. The number of nitrogens with two attached hydrogens (primary N) is 1. The Bertz CT molecular complexity index is 361. The quantitative estimate of drug-likeness (QED) is 0.398. The molecule has 7 nitrogen and oxygen atoms in total. The van der Waals surface area contributed by atoms with Crippen molar-refractivity contribution in [3.05, 3.63) is 11.9 Å². The number of carbonyl (C=O) groups excluding carboxylic acids is 1. The Hall–Kier alpha value is -1.47. The summed E-state index contributed by atoms with van der Waals surface area (Å²) in [6.45, 7) is 1.19. The minimum atomic E-state index is -0.439. The lowest BCUT2D eigenvalue weighted by Gasteiger charge is -2.25. The van der Waals surface area contributed by atoms with Crippen LogP contribution < -0.4 is 11.3 Å². The fourth-order valence-electron chi connectivity index (χ4n) is 1.44. The summed E-state index contributed by atoms with van der Waals surface area (Å²) in [5.41, 5.74) is 2.22. The molecule has 1 fully saturated rings. The van der Waals surface area contributed by atoms with E-state index in [1.807, 2.05) is 5.43 Å². The molecule has 0 spiro atoms. The first kappa shape index (κ1) is 11.0. The number of amides is 1. The van der Waals surface area contributed by atoms with Crippen LogP contribution in [-0.2, 0) is 11.3 Å². The van der Waals surface area contributed by atoms with Crippen molar-refractivity contribution in [2.45, 2.75) is 31.9 Å². The van der Waals surface area contributed by atoms with Crippen LogP contribution in [0.4, 0.5) is 0 Å². The number of nitrogen functional groups attached to an aromatic ring is 1. The number of nitrogens with one attached hydrogen (secondary N) is 1. The lowest BCUT2D eigenvalue weighted by Crippen LogP contribution is -2.30. The maximum absolute atomic E-state index is 11.1. The molecule has 0 saturated heterocycles.